The number of ether oxygens (including phenoxy) is 2. The Balaban J connectivity index is 2.97. The van der Waals surface area contributed by atoms with Gasteiger partial charge in [-0.05, 0) is 46.0 Å². The maximum absolute atomic E-state index is 13.3. The molecule has 1 rings (SSSR count). The van der Waals surface area contributed by atoms with Crippen LogP contribution in [0, 0.1) is 5.92 Å². The van der Waals surface area contributed by atoms with E-state index in [2.05, 4.69) is 11.9 Å². The van der Waals surface area contributed by atoms with E-state index in [4.69, 9.17) is 9.47 Å². The van der Waals surface area contributed by atoms with Crippen LogP contribution in [0.2, 0.25) is 0 Å². The molecule has 4 atom stereocenters. The molecule has 0 unspecified atom stereocenters. The largest absolute Gasteiger partial charge is 0.467 e. The standard InChI is InChI=1S/C21H36N2O6/c1-7-8-9-10-11-14(2)17(22-20(27)29-21(3,4)5)18(25)23-13-15(24)12-16(23)19(26)28-6/h7,14-17,24H,1,8-13H2,2-6H3,(H,22,27)/t14-,15-,16+,17-/m1/s1. The molecule has 0 aromatic carbocycles. The Hall–Kier alpha value is -2.09. The second-order valence-electron chi connectivity index (χ2n) is 8.59. The van der Waals surface area contributed by atoms with Crippen molar-refractivity contribution >= 4 is 18.0 Å². The molecule has 1 aliphatic rings. The third kappa shape index (κ3) is 8.04. The van der Waals surface area contributed by atoms with Gasteiger partial charge in [0, 0.05) is 13.0 Å². The van der Waals surface area contributed by atoms with Crippen LogP contribution in [0.15, 0.2) is 12.7 Å². The summed E-state index contributed by atoms with van der Waals surface area (Å²) in [5, 5.41) is 12.7. The monoisotopic (exact) mass is 412 g/mol. The molecule has 0 radical (unpaired) electrons. The summed E-state index contributed by atoms with van der Waals surface area (Å²) in [7, 11) is 1.24. The average Bonchev–Trinajstić information content (AvgIpc) is 3.02. The molecule has 0 aliphatic carbocycles. The lowest BCUT2D eigenvalue weighted by Crippen LogP contribution is -2.55. The minimum absolute atomic E-state index is 0.0221. The number of nitrogens with zero attached hydrogens (tertiary/aromatic N) is 1. The van der Waals surface area contributed by atoms with Crippen LogP contribution in [-0.2, 0) is 19.1 Å². The van der Waals surface area contributed by atoms with E-state index in [0.29, 0.717) is 6.42 Å². The number of hydrogen-bond acceptors (Lipinski definition) is 6. The van der Waals surface area contributed by atoms with E-state index in [1.165, 1.54) is 12.0 Å². The first-order chi connectivity index (χ1) is 13.5. The van der Waals surface area contributed by atoms with Crippen LogP contribution in [-0.4, -0.2) is 65.4 Å². The minimum atomic E-state index is -0.869. The molecule has 0 aromatic rings. The summed E-state index contributed by atoms with van der Waals surface area (Å²) in [6.07, 6.45) is 3.86. The van der Waals surface area contributed by atoms with Crippen LogP contribution in [0.5, 0.6) is 0 Å². The van der Waals surface area contributed by atoms with Crippen molar-refractivity contribution in [3.63, 3.8) is 0 Å². The summed E-state index contributed by atoms with van der Waals surface area (Å²) in [6, 6.07) is -1.73. The van der Waals surface area contributed by atoms with E-state index < -0.39 is 41.8 Å². The molecule has 0 bridgehead atoms. The molecule has 1 fully saturated rings. The lowest BCUT2D eigenvalue weighted by atomic mass is 9.94. The molecule has 29 heavy (non-hydrogen) atoms. The van der Waals surface area contributed by atoms with Crippen LogP contribution in [0.1, 0.15) is 59.8 Å². The number of carbonyl (C=O) groups excluding carboxylic acids is 3. The number of rotatable bonds is 9. The fourth-order valence-electron chi connectivity index (χ4n) is 3.40. The Morgan fingerprint density at radius 3 is 2.52 bits per heavy atom. The Labute approximate surface area is 173 Å². The predicted molar refractivity (Wildman–Crippen MR) is 109 cm³/mol. The number of alkyl carbamates (subject to hydrolysis) is 1. The molecule has 0 spiro atoms. The van der Waals surface area contributed by atoms with Crippen LogP contribution in [0.3, 0.4) is 0 Å². The van der Waals surface area contributed by atoms with E-state index >= 15 is 0 Å². The van der Waals surface area contributed by atoms with Crippen molar-refractivity contribution in [2.45, 2.75) is 83.6 Å². The zero-order valence-electron chi connectivity index (χ0n) is 18.3. The van der Waals surface area contributed by atoms with Crippen LogP contribution < -0.4 is 5.32 Å². The van der Waals surface area contributed by atoms with Gasteiger partial charge in [-0.2, -0.15) is 0 Å². The van der Waals surface area contributed by atoms with E-state index in [-0.39, 0.29) is 18.9 Å². The number of β-amino-alcohol motifs (C(OH)–C–C–N with tert-alkyl or cyclic N) is 1. The Morgan fingerprint density at radius 2 is 1.97 bits per heavy atom. The second-order valence-corrected chi connectivity index (χ2v) is 8.59. The smallest absolute Gasteiger partial charge is 0.408 e. The number of aliphatic hydroxyl groups excluding tert-OH is 1. The molecule has 2 amide bonds. The maximum Gasteiger partial charge on any atom is 0.408 e. The van der Waals surface area contributed by atoms with Gasteiger partial charge in [-0.1, -0.05) is 19.4 Å². The van der Waals surface area contributed by atoms with Crippen molar-refractivity contribution in [2.24, 2.45) is 5.92 Å². The van der Waals surface area contributed by atoms with Crippen molar-refractivity contribution in [3.05, 3.63) is 12.7 Å². The SMILES string of the molecule is C=CCCCC[C@@H](C)[C@@H](NC(=O)OC(C)(C)C)C(=O)N1C[C@H](O)C[C@H]1C(=O)OC. The number of aliphatic hydroxyl groups is 1. The van der Waals surface area contributed by atoms with E-state index in [1.54, 1.807) is 20.8 Å². The number of amides is 2. The Morgan fingerprint density at radius 1 is 1.31 bits per heavy atom. The quantitative estimate of drug-likeness (QED) is 0.342. The van der Waals surface area contributed by atoms with Gasteiger partial charge in [-0.25, -0.2) is 9.59 Å². The Kier molecular flexibility index (Phi) is 9.62. The third-order valence-corrected chi connectivity index (χ3v) is 4.86. The number of carbonyl (C=O) groups is 3. The van der Waals surface area contributed by atoms with Gasteiger partial charge in [0.25, 0.3) is 0 Å². The normalized spacial score (nSPS) is 21.2. The minimum Gasteiger partial charge on any atom is -0.467 e. The molecule has 8 heteroatoms. The average molecular weight is 413 g/mol. The highest BCUT2D eigenvalue weighted by molar-refractivity contribution is 5.90. The number of allylic oxidation sites excluding steroid dienone is 1. The summed E-state index contributed by atoms with van der Waals surface area (Å²) in [6.45, 7) is 10.8. The number of esters is 1. The zero-order valence-corrected chi connectivity index (χ0v) is 18.3. The predicted octanol–water partition coefficient (Wildman–Crippen LogP) is 2.40. The van der Waals surface area contributed by atoms with Gasteiger partial charge in [-0.15, -0.1) is 6.58 Å². The fraction of sp³-hybridized carbons (Fsp3) is 0.762. The highest BCUT2D eigenvalue weighted by Crippen LogP contribution is 2.24. The highest BCUT2D eigenvalue weighted by atomic mass is 16.6. The topological polar surface area (TPSA) is 105 Å². The van der Waals surface area contributed by atoms with Gasteiger partial charge < -0.3 is 24.8 Å². The molecule has 1 heterocycles. The highest BCUT2D eigenvalue weighted by Gasteiger charge is 2.43. The fourth-order valence-corrected chi connectivity index (χ4v) is 3.40. The second kappa shape index (κ2) is 11.2. The van der Waals surface area contributed by atoms with E-state index in [9.17, 15) is 19.5 Å². The first-order valence-corrected chi connectivity index (χ1v) is 10.2. The van der Waals surface area contributed by atoms with Crippen molar-refractivity contribution in [1.82, 2.24) is 10.2 Å². The molecule has 0 aromatic heterocycles. The van der Waals surface area contributed by atoms with Crippen molar-refractivity contribution < 1.29 is 29.0 Å². The van der Waals surface area contributed by atoms with Crippen molar-refractivity contribution in [1.29, 1.82) is 0 Å². The number of likely N-dealkylation sites (tertiary alicyclic amines) is 1. The number of nitrogens with one attached hydrogen (secondary N) is 1. The van der Waals surface area contributed by atoms with Gasteiger partial charge in [0.05, 0.1) is 13.2 Å². The van der Waals surface area contributed by atoms with Gasteiger partial charge in [0.15, 0.2) is 0 Å². The van der Waals surface area contributed by atoms with Crippen molar-refractivity contribution in [2.75, 3.05) is 13.7 Å². The molecule has 1 saturated heterocycles. The number of methoxy groups -OCH3 is 1. The molecular formula is C21H36N2O6. The first-order valence-electron chi connectivity index (χ1n) is 10.2. The molecule has 2 N–H and O–H groups in total. The van der Waals surface area contributed by atoms with Crippen LogP contribution in [0.25, 0.3) is 0 Å². The Bertz CT molecular complexity index is 586. The molecule has 0 saturated carbocycles. The molecule has 1 aliphatic heterocycles. The zero-order chi connectivity index (χ0) is 22.2. The van der Waals surface area contributed by atoms with Crippen LogP contribution in [0.4, 0.5) is 4.79 Å². The van der Waals surface area contributed by atoms with Gasteiger partial charge in [0.2, 0.25) is 5.91 Å². The van der Waals surface area contributed by atoms with Crippen molar-refractivity contribution in [3.8, 4) is 0 Å². The van der Waals surface area contributed by atoms with E-state index in [1.807, 2.05) is 13.0 Å². The lowest BCUT2D eigenvalue weighted by Gasteiger charge is -2.31. The summed E-state index contributed by atoms with van der Waals surface area (Å²) >= 11 is 0. The van der Waals surface area contributed by atoms with Crippen LogP contribution >= 0.6 is 0 Å². The first kappa shape index (κ1) is 24.9. The third-order valence-electron chi connectivity index (χ3n) is 4.86. The van der Waals surface area contributed by atoms with Gasteiger partial charge >= 0.3 is 12.1 Å². The maximum atomic E-state index is 13.3. The van der Waals surface area contributed by atoms with Gasteiger partial charge in [0.1, 0.15) is 17.7 Å². The number of unbranched alkanes of at least 4 members (excludes halogenated alkanes) is 2. The summed E-state index contributed by atoms with van der Waals surface area (Å²) in [4.78, 5) is 39.0. The molecule has 166 valence electrons. The summed E-state index contributed by atoms with van der Waals surface area (Å²) < 4.78 is 10.1. The molecular weight excluding hydrogens is 376 g/mol. The number of hydrogen-bond donors (Lipinski definition) is 2. The lowest BCUT2D eigenvalue weighted by molar-refractivity contribution is -0.152. The van der Waals surface area contributed by atoms with Gasteiger partial charge in [-0.3, -0.25) is 4.79 Å². The summed E-state index contributed by atoms with van der Waals surface area (Å²) in [5.74, 6) is -1.18. The van der Waals surface area contributed by atoms with E-state index in [0.717, 1.165) is 19.3 Å². The molecule has 8 nitrogen and oxygen atoms in total. The summed E-state index contributed by atoms with van der Waals surface area (Å²) in [5.41, 5.74) is -0.705.